The highest BCUT2D eigenvalue weighted by molar-refractivity contribution is 7.15. The third kappa shape index (κ3) is 2.66. The molecule has 0 spiro atoms. The second-order valence-corrected chi connectivity index (χ2v) is 6.36. The Kier molecular flexibility index (Phi) is 3.48. The molecule has 0 bridgehead atoms. The van der Waals surface area contributed by atoms with Crippen LogP contribution in [0.15, 0.2) is 65.4 Å². The molecule has 3 heterocycles. The zero-order chi connectivity index (χ0) is 15.6. The van der Waals surface area contributed by atoms with E-state index in [-0.39, 0.29) is 0 Å². The van der Waals surface area contributed by atoms with E-state index in [1.165, 1.54) is 16.0 Å². The van der Waals surface area contributed by atoms with Crippen molar-refractivity contribution in [2.24, 2.45) is 0 Å². The van der Waals surface area contributed by atoms with Gasteiger partial charge in [-0.25, -0.2) is 0 Å². The average Bonchev–Trinajstić information content (AvgIpc) is 3.23. The summed E-state index contributed by atoms with van der Waals surface area (Å²) < 4.78 is 5.44. The van der Waals surface area contributed by atoms with Gasteiger partial charge in [-0.15, -0.1) is 11.3 Å². The lowest BCUT2D eigenvalue weighted by atomic mass is 10.1. The molecule has 0 aliphatic rings. The van der Waals surface area contributed by atoms with Gasteiger partial charge in [-0.2, -0.15) is 4.98 Å². The smallest absolute Gasteiger partial charge is 0.268 e. The van der Waals surface area contributed by atoms with Crippen molar-refractivity contribution in [3.63, 3.8) is 0 Å². The zero-order valence-corrected chi connectivity index (χ0v) is 13.2. The number of aryl methyl sites for hydroxylation is 1. The van der Waals surface area contributed by atoms with Gasteiger partial charge >= 0.3 is 0 Å². The summed E-state index contributed by atoms with van der Waals surface area (Å²) in [4.78, 5) is 10.7. The van der Waals surface area contributed by atoms with Crippen molar-refractivity contribution in [2.75, 3.05) is 0 Å². The Hall–Kier alpha value is -2.79. The molecule has 1 aromatic carbocycles. The van der Waals surface area contributed by atoms with Crippen LogP contribution in [0.1, 0.15) is 4.88 Å². The van der Waals surface area contributed by atoms with Crippen molar-refractivity contribution in [1.82, 2.24) is 15.1 Å². The predicted molar refractivity (Wildman–Crippen MR) is 91.0 cm³/mol. The fourth-order valence-electron chi connectivity index (χ4n) is 2.43. The quantitative estimate of drug-likeness (QED) is 0.542. The summed E-state index contributed by atoms with van der Waals surface area (Å²) in [6.45, 7) is 2.11. The first kappa shape index (κ1) is 13.8. The molecule has 0 saturated carbocycles. The third-order valence-corrected chi connectivity index (χ3v) is 4.62. The van der Waals surface area contributed by atoms with Crippen LogP contribution in [-0.2, 0) is 0 Å². The van der Waals surface area contributed by atoms with Crippen LogP contribution in [-0.4, -0.2) is 15.1 Å². The molecule has 23 heavy (non-hydrogen) atoms. The molecule has 0 amide bonds. The molecular formula is C18H13N3OS. The van der Waals surface area contributed by atoms with Crippen LogP contribution in [0.2, 0.25) is 0 Å². The van der Waals surface area contributed by atoms with E-state index in [9.17, 15) is 0 Å². The van der Waals surface area contributed by atoms with Crippen molar-refractivity contribution < 1.29 is 4.52 Å². The molecule has 4 nitrogen and oxygen atoms in total. The van der Waals surface area contributed by atoms with Gasteiger partial charge in [0.1, 0.15) is 0 Å². The van der Waals surface area contributed by atoms with Crippen LogP contribution in [0.4, 0.5) is 0 Å². The SMILES string of the molecule is Cc1sc(-c2nc(-c3ccncc3)no2)cc1-c1ccccc1. The minimum Gasteiger partial charge on any atom is -0.333 e. The lowest BCUT2D eigenvalue weighted by Crippen LogP contribution is -1.80. The Morgan fingerprint density at radius 2 is 1.74 bits per heavy atom. The second-order valence-electron chi connectivity index (χ2n) is 5.11. The van der Waals surface area contributed by atoms with Crippen molar-refractivity contribution in [2.45, 2.75) is 6.92 Å². The Balaban J connectivity index is 1.71. The summed E-state index contributed by atoms with van der Waals surface area (Å²) in [6, 6.07) is 16.2. The van der Waals surface area contributed by atoms with Crippen molar-refractivity contribution >= 4 is 11.3 Å². The summed E-state index contributed by atoms with van der Waals surface area (Å²) in [5, 5.41) is 4.07. The molecule has 0 N–H and O–H groups in total. The summed E-state index contributed by atoms with van der Waals surface area (Å²) in [7, 11) is 0. The first-order valence-corrected chi connectivity index (χ1v) is 8.03. The highest BCUT2D eigenvalue weighted by atomic mass is 32.1. The monoisotopic (exact) mass is 319 g/mol. The summed E-state index contributed by atoms with van der Waals surface area (Å²) in [6.07, 6.45) is 3.43. The first-order chi connectivity index (χ1) is 11.3. The first-order valence-electron chi connectivity index (χ1n) is 7.21. The molecule has 0 radical (unpaired) electrons. The summed E-state index contributed by atoms with van der Waals surface area (Å²) >= 11 is 1.66. The van der Waals surface area contributed by atoms with E-state index >= 15 is 0 Å². The highest BCUT2D eigenvalue weighted by Crippen LogP contribution is 2.36. The van der Waals surface area contributed by atoms with Crippen molar-refractivity contribution in [3.05, 3.63) is 65.8 Å². The number of thiophene rings is 1. The lowest BCUT2D eigenvalue weighted by Gasteiger charge is -1.97. The van der Waals surface area contributed by atoms with E-state index < -0.39 is 0 Å². The van der Waals surface area contributed by atoms with Gasteiger partial charge in [0.25, 0.3) is 5.89 Å². The minimum absolute atomic E-state index is 0.548. The number of benzene rings is 1. The number of nitrogens with zero attached hydrogens (tertiary/aromatic N) is 3. The molecule has 0 atom stereocenters. The van der Waals surface area contributed by atoms with Crippen LogP contribution in [0.3, 0.4) is 0 Å². The van der Waals surface area contributed by atoms with Gasteiger partial charge < -0.3 is 4.52 Å². The molecular weight excluding hydrogens is 306 g/mol. The molecule has 3 aromatic heterocycles. The van der Waals surface area contributed by atoms with Gasteiger partial charge in [-0.3, -0.25) is 4.98 Å². The van der Waals surface area contributed by atoms with Crippen molar-refractivity contribution in [3.8, 4) is 33.3 Å². The fraction of sp³-hybridized carbons (Fsp3) is 0.0556. The average molecular weight is 319 g/mol. The maximum atomic E-state index is 5.44. The van der Waals surface area contributed by atoms with Crippen LogP contribution in [0, 0.1) is 6.92 Å². The maximum absolute atomic E-state index is 5.44. The number of pyridine rings is 1. The Bertz CT molecular complexity index is 929. The minimum atomic E-state index is 0.548. The zero-order valence-electron chi connectivity index (χ0n) is 12.4. The van der Waals surface area contributed by atoms with Gasteiger partial charge in [-0.05, 0) is 36.2 Å². The van der Waals surface area contributed by atoms with Crippen molar-refractivity contribution in [1.29, 1.82) is 0 Å². The Morgan fingerprint density at radius 1 is 0.957 bits per heavy atom. The molecule has 4 rings (SSSR count). The highest BCUT2D eigenvalue weighted by Gasteiger charge is 2.15. The second kappa shape index (κ2) is 5.78. The standard InChI is InChI=1S/C18H13N3OS/c1-12-15(13-5-3-2-4-6-13)11-16(23-12)18-20-17(21-22-18)14-7-9-19-10-8-14/h2-11H,1H3. The van der Waals surface area contributed by atoms with Gasteiger partial charge in [0.2, 0.25) is 5.82 Å². The molecule has 0 fully saturated rings. The van der Waals surface area contributed by atoms with Gasteiger partial charge in [0.05, 0.1) is 4.88 Å². The molecule has 0 aliphatic heterocycles. The number of hydrogen-bond acceptors (Lipinski definition) is 5. The van der Waals surface area contributed by atoms with E-state index in [4.69, 9.17) is 4.52 Å². The van der Waals surface area contributed by atoms with E-state index in [1.54, 1.807) is 23.7 Å². The number of rotatable bonds is 3. The normalized spacial score (nSPS) is 10.8. The predicted octanol–water partition coefficient (Wildman–Crippen LogP) is 4.84. The topological polar surface area (TPSA) is 51.8 Å². The van der Waals surface area contributed by atoms with E-state index in [0.29, 0.717) is 11.7 Å². The van der Waals surface area contributed by atoms with E-state index in [2.05, 4.69) is 40.2 Å². The van der Waals surface area contributed by atoms with Crippen LogP contribution < -0.4 is 0 Å². The maximum Gasteiger partial charge on any atom is 0.268 e. The fourth-order valence-corrected chi connectivity index (χ4v) is 3.40. The van der Waals surface area contributed by atoms with E-state index in [0.717, 1.165) is 10.4 Å². The lowest BCUT2D eigenvalue weighted by molar-refractivity contribution is 0.433. The largest absolute Gasteiger partial charge is 0.333 e. The molecule has 4 aromatic rings. The summed E-state index contributed by atoms with van der Waals surface area (Å²) in [5.74, 6) is 1.13. The molecule has 0 unspecified atom stereocenters. The molecule has 5 heteroatoms. The van der Waals surface area contributed by atoms with Gasteiger partial charge in [-0.1, -0.05) is 35.5 Å². The van der Waals surface area contributed by atoms with E-state index in [1.807, 2.05) is 30.3 Å². The summed E-state index contributed by atoms with van der Waals surface area (Å²) in [5.41, 5.74) is 3.29. The van der Waals surface area contributed by atoms with Gasteiger partial charge in [0.15, 0.2) is 0 Å². The molecule has 0 saturated heterocycles. The van der Waals surface area contributed by atoms with Crippen LogP contribution in [0.25, 0.3) is 33.3 Å². The molecule has 0 aliphatic carbocycles. The third-order valence-electron chi connectivity index (χ3n) is 3.58. The van der Waals surface area contributed by atoms with Crippen LogP contribution in [0.5, 0.6) is 0 Å². The Morgan fingerprint density at radius 3 is 2.52 bits per heavy atom. The Labute approximate surface area is 137 Å². The number of aromatic nitrogens is 3. The number of hydrogen-bond donors (Lipinski definition) is 0. The van der Waals surface area contributed by atoms with Crippen LogP contribution >= 0.6 is 11.3 Å². The van der Waals surface area contributed by atoms with Gasteiger partial charge in [0, 0.05) is 22.8 Å². The molecule has 112 valence electrons.